The van der Waals surface area contributed by atoms with Gasteiger partial charge < -0.3 is 10.1 Å². The molecular weight excluding hydrogens is 510 g/mol. The van der Waals surface area contributed by atoms with Crippen molar-refractivity contribution in [3.05, 3.63) is 64.2 Å². The van der Waals surface area contributed by atoms with Gasteiger partial charge in [0.25, 0.3) is 0 Å². The first-order valence-corrected chi connectivity index (χ1v) is 12.7. The summed E-state index contributed by atoms with van der Waals surface area (Å²) in [6.07, 6.45) is -5.93. The lowest BCUT2D eigenvalue weighted by Crippen LogP contribution is -2.48. The molecule has 0 atom stereocenters. The zero-order chi connectivity index (χ0) is 27.7. The van der Waals surface area contributed by atoms with Crippen LogP contribution in [0.5, 0.6) is 5.75 Å². The fraction of sp³-hybridized carbons (Fsp3) is 0.536. The van der Waals surface area contributed by atoms with Crippen molar-refractivity contribution in [2.75, 3.05) is 20.2 Å². The summed E-state index contributed by atoms with van der Waals surface area (Å²) < 4.78 is 84.7. The van der Waals surface area contributed by atoms with Gasteiger partial charge in [-0.1, -0.05) is 25.0 Å². The third kappa shape index (κ3) is 6.81. The Hall–Kier alpha value is -2.75. The number of amides is 1. The fourth-order valence-electron chi connectivity index (χ4n) is 5.33. The number of nitrogens with zero attached hydrogens (tertiary/aromatic N) is 1. The summed E-state index contributed by atoms with van der Waals surface area (Å²) in [5.74, 6) is 0.952. The van der Waals surface area contributed by atoms with Crippen LogP contribution in [0, 0.1) is 18.3 Å². The molecule has 10 heteroatoms. The van der Waals surface area contributed by atoms with Crippen LogP contribution in [0.4, 0.5) is 26.3 Å². The Morgan fingerprint density at radius 3 is 2.08 bits per heavy atom. The normalized spacial score (nSPS) is 18.3. The van der Waals surface area contributed by atoms with Crippen molar-refractivity contribution in [3.8, 4) is 5.75 Å². The molecule has 0 radical (unpaired) electrons. The van der Waals surface area contributed by atoms with Gasteiger partial charge in [0.15, 0.2) is 0 Å². The molecule has 1 aliphatic heterocycles. The molecule has 1 aliphatic carbocycles. The number of rotatable bonds is 8. The highest BCUT2D eigenvalue weighted by Crippen LogP contribution is 2.46. The van der Waals surface area contributed by atoms with Gasteiger partial charge in [-0.25, -0.2) is 0 Å². The van der Waals surface area contributed by atoms with E-state index in [2.05, 4.69) is 16.3 Å². The predicted octanol–water partition coefficient (Wildman–Crippen LogP) is 6.74. The van der Waals surface area contributed by atoms with Crippen molar-refractivity contribution in [1.82, 2.24) is 10.2 Å². The van der Waals surface area contributed by atoms with E-state index in [1.807, 2.05) is 19.1 Å². The first-order valence-electron chi connectivity index (χ1n) is 12.7. The Morgan fingerprint density at radius 1 is 0.974 bits per heavy atom. The summed E-state index contributed by atoms with van der Waals surface area (Å²) in [6.45, 7) is 3.65. The number of carbonyl (C=O) groups is 1. The molecular formula is C28H32F6N2O2. The minimum atomic E-state index is -4.93. The first kappa shape index (κ1) is 28.3. The van der Waals surface area contributed by atoms with E-state index in [0.29, 0.717) is 50.4 Å². The van der Waals surface area contributed by atoms with Crippen molar-refractivity contribution in [2.45, 2.75) is 64.5 Å². The Morgan fingerprint density at radius 2 is 1.58 bits per heavy atom. The van der Waals surface area contributed by atoms with E-state index < -0.39 is 35.4 Å². The van der Waals surface area contributed by atoms with Crippen LogP contribution >= 0.6 is 0 Å². The van der Waals surface area contributed by atoms with Gasteiger partial charge in [-0.15, -0.1) is 0 Å². The van der Waals surface area contributed by atoms with E-state index in [-0.39, 0.29) is 17.5 Å². The van der Waals surface area contributed by atoms with Crippen molar-refractivity contribution in [1.29, 1.82) is 0 Å². The average molecular weight is 543 g/mol. The molecule has 4 rings (SSSR count). The second-order valence-corrected chi connectivity index (χ2v) is 10.6. The van der Waals surface area contributed by atoms with Crippen LogP contribution in [0.1, 0.15) is 59.9 Å². The van der Waals surface area contributed by atoms with E-state index in [4.69, 9.17) is 4.74 Å². The second kappa shape index (κ2) is 10.8. The van der Waals surface area contributed by atoms with Crippen molar-refractivity contribution < 1.29 is 35.9 Å². The Bertz CT molecular complexity index is 1120. The lowest BCUT2D eigenvalue weighted by atomic mass is 9.73. The van der Waals surface area contributed by atoms with Crippen molar-refractivity contribution in [3.63, 3.8) is 0 Å². The third-order valence-electron chi connectivity index (χ3n) is 7.64. The molecule has 0 spiro atoms. The highest BCUT2D eigenvalue weighted by molar-refractivity contribution is 5.82. The largest absolute Gasteiger partial charge is 0.496 e. The van der Waals surface area contributed by atoms with Crippen LogP contribution in [-0.4, -0.2) is 31.0 Å². The summed E-state index contributed by atoms with van der Waals surface area (Å²) in [5.41, 5.74) is -1.51. The van der Waals surface area contributed by atoms with Gasteiger partial charge in [0.2, 0.25) is 5.91 Å². The molecule has 1 N–H and O–H groups in total. The van der Waals surface area contributed by atoms with Crippen LogP contribution < -0.4 is 10.1 Å². The molecule has 1 saturated heterocycles. The molecule has 1 saturated carbocycles. The number of benzene rings is 2. The number of hydrogen-bond acceptors (Lipinski definition) is 3. The summed E-state index contributed by atoms with van der Waals surface area (Å²) in [5, 5.41) is 2.68. The number of carbonyl (C=O) groups excluding carboxylic acids is 1. The number of aryl methyl sites for hydroxylation is 1. The number of likely N-dealkylation sites (tertiary alicyclic amines) is 1. The fourth-order valence-corrected chi connectivity index (χ4v) is 5.33. The number of halogens is 6. The molecule has 2 aromatic carbocycles. The molecule has 0 unspecified atom stereocenters. The number of ether oxygens (including phenoxy) is 1. The number of alkyl halides is 6. The zero-order valence-electron chi connectivity index (χ0n) is 21.4. The van der Waals surface area contributed by atoms with Crippen LogP contribution in [0.15, 0.2) is 36.4 Å². The third-order valence-corrected chi connectivity index (χ3v) is 7.64. The minimum absolute atomic E-state index is 0.0972. The van der Waals surface area contributed by atoms with E-state index in [1.165, 1.54) is 0 Å². The monoisotopic (exact) mass is 542 g/mol. The molecule has 2 fully saturated rings. The molecule has 38 heavy (non-hydrogen) atoms. The maximum Gasteiger partial charge on any atom is 0.416 e. The molecule has 208 valence electrons. The van der Waals surface area contributed by atoms with Gasteiger partial charge in [0.1, 0.15) is 5.75 Å². The molecule has 4 nitrogen and oxygen atoms in total. The van der Waals surface area contributed by atoms with Crippen LogP contribution in [0.25, 0.3) is 0 Å². The molecule has 0 aromatic heterocycles. The van der Waals surface area contributed by atoms with Crippen LogP contribution in [-0.2, 0) is 30.2 Å². The summed E-state index contributed by atoms with van der Waals surface area (Å²) in [4.78, 5) is 15.7. The number of piperidine rings is 1. The van der Waals surface area contributed by atoms with Gasteiger partial charge in [0, 0.05) is 13.1 Å². The smallest absolute Gasteiger partial charge is 0.416 e. The van der Waals surface area contributed by atoms with E-state index in [1.54, 1.807) is 7.11 Å². The Kier molecular flexibility index (Phi) is 8.02. The highest BCUT2D eigenvalue weighted by Gasteiger charge is 2.45. The Balaban J connectivity index is 1.44. The standard InChI is InChI=1S/C28H32F6N2O2/c1-18-11-20(5-6-24(18)38-2)17-36-9-7-26(8-10-36,15-19-3-4-19)25(37)35-16-21-12-22(27(29,30)31)14-23(13-21)28(32,33)34/h5-6,11-14,19H,3-4,7-10,15-17H2,1-2H3,(H,35,37). The van der Waals surface area contributed by atoms with Crippen molar-refractivity contribution in [2.24, 2.45) is 11.3 Å². The Labute approximate surface area is 218 Å². The van der Waals surface area contributed by atoms with E-state index >= 15 is 0 Å². The number of nitrogens with one attached hydrogen (secondary N) is 1. The van der Waals surface area contributed by atoms with Crippen LogP contribution in [0.3, 0.4) is 0 Å². The first-order chi connectivity index (χ1) is 17.8. The topological polar surface area (TPSA) is 41.6 Å². The number of methoxy groups -OCH3 is 1. The van der Waals surface area contributed by atoms with E-state index in [0.717, 1.165) is 36.3 Å². The van der Waals surface area contributed by atoms with Crippen LogP contribution in [0.2, 0.25) is 0 Å². The molecule has 1 heterocycles. The number of hydrogen-bond donors (Lipinski definition) is 1. The lowest BCUT2D eigenvalue weighted by Gasteiger charge is -2.41. The van der Waals surface area contributed by atoms with E-state index in [9.17, 15) is 31.1 Å². The summed E-state index contributed by atoms with van der Waals surface area (Å²) in [7, 11) is 1.62. The van der Waals surface area contributed by atoms with Gasteiger partial charge in [0.05, 0.1) is 23.7 Å². The highest BCUT2D eigenvalue weighted by atomic mass is 19.4. The quantitative estimate of drug-likeness (QED) is 0.376. The second-order valence-electron chi connectivity index (χ2n) is 10.6. The SMILES string of the molecule is COc1ccc(CN2CCC(CC3CC3)(C(=O)NCc3cc(C(F)(F)F)cc(C(F)(F)F)c3)CC2)cc1C. The molecule has 2 aromatic rings. The van der Waals surface area contributed by atoms with Gasteiger partial charge in [-0.3, -0.25) is 9.69 Å². The predicted molar refractivity (Wildman–Crippen MR) is 130 cm³/mol. The average Bonchev–Trinajstić information content (AvgIpc) is 3.66. The van der Waals surface area contributed by atoms with Gasteiger partial charge >= 0.3 is 12.4 Å². The molecule has 0 bridgehead atoms. The lowest BCUT2D eigenvalue weighted by molar-refractivity contribution is -0.143. The minimum Gasteiger partial charge on any atom is -0.496 e. The maximum absolute atomic E-state index is 13.4. The summed E-state index contributed by atoms with van der Waals surface area (Å²) in [6, 6.07) is 7.44. The zero-order valence-corrected chi connectivity index (χ0v) is 21.4. The van der Waals surface area contributed by atoms with Gasteiger partial charge in [-0.05, 0) is 86.1 Å². The maximum atomic E-state index is 13.4. The summed E-state index contributed by atoms with van der Waals surface area (Å²) >= 11 is 0. The molecule has 1 amide bonds. The van der Waals surface area contributed by atoms with Crippen molar-refractivity contribution >= 4 is 5.91 Å². The van der Waals surface area contributed by atoms with Gasteiger partial charge in [-0.2, -0.15) is 26.3 Å². The molecule has 2 aliphatic rings.